The van der Waals surface area contributed by atoms with Gasteiger partial charge in [-0.2, -0.15) is 0 Å². The fourth-order valence-corrected chi connectivity index (χ4v) is 3.86. The molecular weight excluding hydrogens is 462 g/mol. The fraction of sp³-hybridized carbons (Fsp3) is 0.241. The van der Waals surface area contributed by atoms with Gasteiger partial charge in [0.15, 0.2) is 5.83 Å². The lowest BCUT2D eigenvalue weighted by Gasteiger charge is -2.10. The Balaban J connectivity index is 1.74. The number of hydrogen-bond acceptors (Lipinski definition) is 0. The molecule has 0 heterocycles. The van der Waals surface area contributed by atoms with Crippen LogP contribution in [0.5, 0.6) is 0 Å². The summed E-state index contributed by atoms with van der Waals surface area (Å²) in [6.45, 7) is 5.26. The molecule has 3 rings (SSSR count). The quantitative estimate of drug-likeness (QED) is 0.197. The predicted molar refractivity (Wildman–Crippen MR) is 128 cm³/mol. The Hall–Kier alpha value is -3.28. The molecule has 0 N–H and O–H groups in total. The molecule has 0 aliphatic heterocycles. The van der Waals surface area contributed by atoms with Gasteiger partial charge in [0, 0.05) is 23.1 Å². The molecule has 3 aromatic rings. The highest BCUT2D eigenvalue weighted by molar-refractivity contribution is 5.65. The summed E-state index contributed by atoms with van der Waals surface area (Å²) in [5.41, 5.74) is 0.781. The molecule has 0 amide bonds. The molecule has 0 aliphatic rings. The maximum atomic E-state index is 14.8. The zero-order valence-corrected chi connectivity index (χ0v) is 19.4. The molecule has 184 valence electrons. The van der Waals surface area contributed by atoms with Crippen molar-refractivity contribution < 1.29 is 26.3 Å². The molecule has 0 aromatic heterocycles. The average Bonchev–Trinajstić information content (AvgIpc) is 2.83. The molecule has 0 spiro atoms. The molecule has 0 fully saturated rings. The fourth-order valence-electron chi connectivity index (χ4n) is 3.86. The number of hydrogen-bond donors (Lipinski definition) is 0. The van der Waals surface area contributed by atoms with Crippen molar-refractivity contribution in [2.45, 2.75) is 45.4 Å². The molecule has 0 unspecified atom stereocenters. The van der Waals surface area contributed by atoms with Crippen LogP contribution in [-0.4, -0.2) is 0 Å². The highest BCUT2D eigenvalue weighted by atomic mass is 19.2. The molecular formula is C29H26F6. The Morgan fingerprint density at radius 2 is 1.51 bits per heavy atom. The third kappa shape index (κ3) is 6.44. The number of allylic oxidation sites excluding steroid dienone is 2. The molecule has 35 heavy (non-hydrogen) atoms. The number of aryl methyl sites for hydroxylation is 2. The minimum absolute atomic E-state index is 0.0174. The van der Waals surface area contributed by atoms with Crippen molar-refractivity contribution in [1.82, 2.24) is 0 Å². The van der Waals surface area contributed by atoms with Crippen LogP contribution >= 0.6 is 0 Å². The summed E-state index contributed by atoms with van der Waals surface area (Å²) < 4.78 is 85.8. The summed E-state index contributed by atoms with van der Waals surface area (Å²) >= 11 is 0. The second-order valence-corrected chi connectivity index (χ2v) is 8.34. The maximum Gasteiger partial charge on any atom is 0.161 e. The Kier molecular flexibility index (Phi) is 8.96. The first-order valence-electron chi connectivity index (χ1n) is 11.5. The van der Waals surface area contributed by atoms with E-state index in [2.05, 4.69) is 6.58 Å². The van der Waals surface area contributed by atoms with E-state index in [-0.39, 0.29) is 59.9 Å². The van der Waals surface area contributed by atoms with Gasteiger partial charge in [0.25, 0.3) is 0 Å². The highest BCUT2D eigenvalue weighted by Crippen LogP contribution is 2.29. The number of halogens is 6. The molecule has 0 bridgehead atoms. The monoisotopic (exact) mass is 488 g/mol. The number of benzene rings is 3. The lowest BCUT2D eigenvalue weighted by molar-refractivity contribution is 0.553. The maximum absolute atomic E-state index is 14.8. The van der Waals surface area contributed by atoms with Gasteiger partial charge >= 0.3 is 0 Å². The highest BCUT2D eigenvalue weighted by Gasteiger charge is 2.15. The third-order valence-electron chi connectivity index (χ3n) is 5.78. The van der Waals surface area contributed by atoms with Crippen LogP contribution in [0.3, 0.4) is 0 Å². The lowest BCUT2D eigenvalue weighted by atomic mass is 9.97. The van der Waals surface area contributed by atoms with Gasteiger partial charge in [0.2, 0.25) is 0 Å². The summed E-state index contributed by atoms with van der Waals surface area (Å²) in [7, 11) is 0. The molecule has 0 saturated carbocycles. The summed E-state index contributed by atoms with van der Waals surface area (Å²) in [5.74, 6) is -4.84. The van der Waals surface area contributed by atoms with Crippen molar-refractivity contribution >= 4 is 5.83 Å². The van der Waals surface area contributed by atoms with E-state index in [0.717, 1.165) is 18.2 Å². The van der Waals surface area contributed by atoms with Crippen molar-refractivity contribution in [2.75, 3.05) is 0 Å². The Morgan fingerprint density at radius 1 is 0.800 bits per heavy atom. The van der Waals surface area contributed by atoms with Gasteiger partial charge in [0.05, 0.1) is 0 Å². The first-order chi connectivity index (χ1) is 16.7. The molecule has 0 nitrogen and oxygen atoms in total. The van der Waals surface area contributed by atoms with Crippen LogP contribution in [0.25, 0.3) is 17.0 Å². The van der Waals surface area contributed by atoms with Crippen LogP contribution in [0, 0.1) is 23.3 Å². The van der Waals surface area contributed by atoms with Gasteiger partial charge in [-0.05, 0) is 66.6 Å². The van der Waals surface area contributed by atoms with Gasteiger partial charge in [-0.1, -0.05) is 43.7 Å². The molecule has 0 radical (unpaired) electrons. The Bertz CT molecular complexity index is 1220. The molecule has 0 atom stereocenters. The summed E-state index contributed by atoms with van der Waals surface area (Å²) in [6, 6.07) is 10.1. The van der Waals surface area contributed by atoms with Crippen LogP contribution in [-0.2, 0) is 19.3 Å². The lowest BCUT2D eigenvalue weighted by Crippen LogP contribution is -1.99. The number of rotatable bonds is 10. The van der Waals surface area contributed by atoms with Gasteiger partial charge in [-0.3, -0.25) is 0 Å². The standard InChI is InChI=1S/C29H26F6/c1-3-5-7-24(30)29(35)20-12-11-19(25(31)15-20)10-8-18-9-13-22(26(32)14-18)21-16-27(33)23(6-4-2)28(34)17-21/h3,9,11-17H,1,4-8,10H2,2H3/b29-24+. The summed E-state index contributed by atoms with van der Waals surface area (Å²) in [5, 5.41) is 0. The largest absolute Gasteiger partial charge is 0.209 e. The summed E-state index contributed by atoms with van der Waals surface area (Å²) in [6.07, 6.45) is 2.89. The molecule has 0 saturated heterocycles. The SMILES string of the molecule is C=CCC/C(F)=C(\F)c1ccc(CCc2ccc(-c3cc(F)c(CCC)c(F)c3)c(F)c2)c(F)c1. The van der Waals surface area contributed by atoms with Crippen LogP contribution in [0.4, 0.5) is 26.3 Å². The Morgan fingerprint density at radius 3 is 2.11 bits per heavy atom. The predicted octanol–water partition coefficient (Wildman–Crippen LogP) is 9.22. The second kappa shape index (κ2) is 11.9. The van der Waals surface area contributed by atoms with Gasteiger partial charge < -0.3 is 0 Å². The van der Waals surface area contributed by atoms with Crippen LogP contribution in [0.1, 0.15) is 48.4 Å². The smallest absolute Gasteiger partial charge is 0.161 e. The van der Waals surface area contributed by atoms with Crippen LogP contribution in [0.2, 0.25) is 0 Å². The van der Waals surface area contributed by atoms with Crippen molar-refractivity contribution in [2.24, 2.45) is 0 Å². The normalized spacial score (nSPS) is 12.0. The van der Waals surface area contributed by atoms with E-state index < -0.39 is 34.9 Å². The van der Waals surface area contributed by atoms with E-state index in [1.165, 1.54) is 30.3 Å². The van der Waals surface area contributed by atoms with E-state index in [9.17, 15) is 26.3 Å². The van der Waals surface area contributed by atoms with Crippen molar-refractivity contribution in [3.63, 3.8) is 0 Å². The van der Waals surface area contributed by atoms with Crippen LogP contribution < -0.4 is 0 Å². The van der Waals surface area contributed by atoms with Gasteiger partial charge in [-0.25, -0.2) is 26.3 Å². The average molecular weight is 489 g/mol. The summed E-state index contributed by atoms with van der Waals surface area (Å²) in [4.78, 5) is 0. The zero-order valence-electron chi connectivity index (χ0n) is 19.4. The first-order valence-corrected chi connectivity index (χ1v) is 11.5. The van der Waals surface area contributed by atoms with Crippen molar-refractivity contribution in [3.8, 4) is 11.1 Å². The minimum atomic E-state index is -1.11. The van der Waals surface area contributed by atoms with Crippen LogP contribution in [0.15, 0.2) is 67.0 Å². The van der Waals surface area contributed by atoms with Crippen molar-refractivity contribution in [3.05, 3.63) is 113 Å². The Labute approximate surface area is 201 Å². The van der Waals surface area contributed by atoms with E-state index in [0.29, 0.717) is 12.0 Å². The van der Waals surface area contributed by atoms with E-state index >= 15 is 0 Å². The first kappa shape index (κ1) is 26.3. The molecule has 0 aliphatic carbocycles. The van der Waals surface area contributed by atoms with Gasteiger partial charge in [-0.15, -0.1) is 6.58 Å². The minimum Gasteiger partial charge on any atom is -0.209 e. The van der Waals surface area contributed by atoms with E-state index in [1.807, 2.05) is 6.92 Å². The zero-order chi connectivity index (χ0) is 25.5. The molecule has 6 heteroatoms. The van der Waals surface area contributed by atoms with Crippen molar-refractivity contribution in [1.29, 1.82) is 0 Å². The third-order valence-corrected chi connectivity index (χ3v) is 5.78. The topological polar surface area (TPSA) is 0 Å². The van der Waals surface area contributed by atoms with E-state index in [4.69, 9.17) is 0 Å². The second-order valence-electron chi connectivity index (χ2n) is 8.34. The van der Waals surface area contributed by atoms with E-state index in [1.54, 1.807) is 6.07 Å². The van der Waals surface area contributed by atoms with Gasteiger partial charge in [0.1, 0.15) is 29.1 Å². The molecule has 3 aromatic carbocycles.